The molecule has 6 nitrogen and oxygen atoms in total. The van der Waals surface area contributed by atoms with E-state index in [2.05, 4.69) is 30.8 Å². The van der Waals surface area contributed by atoms with Gasteiger partial charge in [-0.25, -0.2) is 4.79 Å². The van der Waals surface area contributed by atoms with Gasteiger partial charge in [0.25, 0.3) is 5.91 Å². The van der Waals surface area contributed by atoms with Crippen LogP contribution in [0.25, 0.3) is 0 Å². The number of esters is 1. The first-order valence-electron chi connectivity index (χ1n) is 6.10. The predicted molar refractivity (Wildman–Crippen MR) is 82.7 cm³/mol. The van der Waals surface area contributed by atoms with Gasteiger partial charge >= 0.3 is 5.97 Å². The third kappa shape index (κ3) is 3.64. The van der Waals surface area contributed by atoms with Crippen LogP contribution in [0, 0.1) is 6.92 Å². The number of hydrogen-bond acceptors (Lipinski definition) is 6. The van der Waals surface area contributed by atoms with Crippen LogP contribution in [0.3, 0.4) is 0 Å². The highest BCUT2D eigenvalue weighted by atomic mass is 79.9. The van der Waals surface area contributed by atoms with Crippen LogP contribution in [-0.2, 0) is 4.74 Å². The summed E-state index contributed by atoms with van der Waals surface area (Å²) in [5.41, 5.74) is 1.55. The minimum atomic E-state index is -0.404. The largest absolute Gasteiger partial charge is 0.462 e. The molecule has 1 aromatic heterocycles. The lowest BCUT2D eigenvalue weighted by atomic mass is 10.2. The maximum atomic E-state index is 12.1. The van der Waals surface area contributed by atoms with Crippen LogP contribution in [0.1, 0.15) is 32.6 Å². The van der Waals surface area contributed by atoms with E-state index in [1.165, 1.54) is 0 Å². The number of ether oxygens (including phenoxy) is 1. The van der Waals surface area contributed by atoms with Crippen LogP contribution < -0.4 is 5.32 Å². The normalized spacial score (nSPS) is 10.2. The standard InChI is InChI=1S/C13H12BrN3O3S/c1-3-20-13(19)8-4-5-10(9(14)6-8)15-12(18)11-7(2)16-17-21-11/h4-6H,3H2,1-2H3,(H,15,18). The Morgan fingerprint density at radius 2 is 2.19 bits per heavy atom. The molecule has 1 aromatic carbocycles. The summed E-state index contributed by atoms with van der Waals surface area (Å²) in [6.45, 7) is 3.77. The van der Waals surface area contributed by atoms with Crippen LogP contribution >= 0.6 is 27.5 Å². The summed E-state index contributed by atoms with van der Waals surface area (Å²) in [7, 11) is 0. The predicted octanol–water partition coefficient (Wildman–Crippen LogP) is 3.04. The van der Waals surface area contributed by atoms with Crippen molar-refractivity contribution >= 4 is 45.0 Å². The summed E-state index contributed by atoms with van der Waals surface area (Å²) in [6, 6.07) is 4.83. The second-order valence-corrected chi connectivity index (χ2v) is 5.67. The highest BCUT2D eigenvalue weighted by Gasteiger charge is 2.15. The summed E-state index contributed by atoms with van der Waals surface area (Å²) in [5, 5.41) is 6.54. The van der Waals surface area contributed by atoms with Crippen molar-refractivity contribution in [2.45, 2.75) is 13.8 Å². The van der Waals surface area contributed by atoms with Gasteiger partial charge in [0.1, 0.15) is 4.88 Å². The van der Waals surface area contributed by atoms with E-state index in [4.69, 9.17) is 4.74 Å². The maximum Gasteiger partial charge on any atom is 0.338 e. The van der Waals surface area contributed by atoms with Crippen molar-refractivity contribution in [3.63, 3.8) is 0 Å². The van der Waals surface area contributed by atoms with Crippen molar-refractivity contribution in [1.29, 1.82) is 0 Å². The fraction of sp³-hybridized carbons (Fsp3) is 0.231. The molecule has 2 aromatic rings. The Morgan fingerprint density at radius 3 is 2.76 bits per heavy atom. The summed E-state index contributed by atoms with van der Waals surface area (Å²) in [6.07, 6.45) is 0. The number of hydrogen-bond donors (Lipinski definition) is 1. The third-order valence-electron chi connectivity index (χ3n) is 2.59. The quantitative estimate of drug-likeness (QED) is 0.837. The Kier molecular flexibility index (Phi) is 5.03. The second-order valence-electron chi connectivity index (χ2n) is 4.06. The number of halogens is 1. The zero-order chi connectivity index (χ0) is 15.4. The highest BCUT2D eigenvalue weighted by Crippen LogP contribution is 2.25. The van der Waals surface area contributed by atoms with Crippen molar-refractivity contribution in [3.8, 4) is 0 Å². The van der Waals surface area contributed by atoms with Gasteiger partial charge < -0.3 is 10.1 Å². The van der Waals surface area contributed by atoms with Crippen molar-refractivity contribution in [2.75, 3.05) is 11.9 Å². The molecular formula is C13H12BrN3O3S. The van der Waals surface area contributed by atoms with E-state index in [-0.39, 0.29) is 5.91 Å². The van der Waals surface area contributed by atoms with Gasteiger partial charge in [0.2, 0.25) is 0 Å². The summed E-state index contributed by atoms with van der Waals surface area (Å²) in [4.78, 5) is 24.1. The third-order valence-corrected chi connectivity index (χ3v) is 4.07. The molecule has 0 saturated heterocycles. The molecule has 1 heterocycles. The molecule has 110 valence electrons. The Morgan fingerprint density at radius 1 is 1.43 bits per heavy atom. The number of carbonyl (C=O) groups excluding carboxylic acids is 2. The SMILES string of the molecule is CCOC(=O)c1ccc(NC(=O)c2snnc2C)c(Br)c1. The van der Waals surface area contributed by atoms with Gasteiger partial charge in [-0.15, -0.1) is 5.10 Å². The van der Waals surface area contributed by atoms with Crippen LogP contribution in [0.5, 0.6) is 0 Å². The maximum absolute atomic E-state index is 12.1. The highest BCUT2D eigenvalue weighted by molar-refractivity contribution is 9.10. The molecule has 21 heavy (non-hydrogen) atoms. The van der Waals surface area contributed by atoms with Crippen molar-refractivity contribution in [1.82, 2.24) is 9.59 Å². The fourth-order valence-corrected chi connectivity index (χ4v) is 2.61. The van der Waals surface area contributed by atoms with E-state index in [0.29, 0.717) is 32.9 Å². The van der Waals surface area contributed by atoms with E-state index in [0.717, 1.165) is 11.5 Å². The van der Waals surface area contributed by atoms with Crippen LogP contribution in [0.15, 0.2) is 22.7 Å². The van der Waals surface area contributed by atoms with E-state index < -0.39 is 5.97 Å². The molecule has 2 rings (SSSR count). The molecule has 0 radical (unpaired) electrons. The minimum Gasteiger partial charge on any atom is -0.462 e. The molecular weight excluding hydrogens is 358 g/mol. The zero-order valence-electron chi connectivity index (χ0n) is 11.3. The molecule has 1 N–H and O–H groups in total. The van der Waals surface area contributed by atoms with Crippen LogP contribution in [0.2, 0.25) is 0 Å². The van der Waals surface area contributed by atoms with Crippen molar-refractivity contribution in [2.24, 2.45) is 0 Å². The van der Waals surface area contributed by atoms with E-state index >= 15 is 0 Å². The molecule has 1 amide bonds. The van der Waals surface area contributed by atoms with Gasteiger partial charge in [0.05, 0.1) is 23.6 Å². The Labute approximate surface area is 133 Å². The number of nitrogens with one attached hydrogen (secondary N) is 1. The van der Waals surface area contributed by atoms with Gasteiger partial charge in [-0.05, 0) is 59.5 Å². The van der Waals surface area contributed by atoms with Crippen molar-refractivity contribution in [3.05, 3.63) is 38.8 Å². The van der Waals surface area contributed by atoms with Gasteiger partial charge in [0.15, 0.2) is 0 Å². The monoisotopic (exact) mass is 369 g/mol. The first-order chi connectivity index (χ1) is 10.0. The van der Waals surface area contributed by atoms with Gasteiger partial charge in [-0.2, -0.15) is 0 Å². The minimum absolute atomic E-state index is 0.285. The summed E-state index contributed by atoms with van der Waals surface area (Å²) in [5.74, 6) is -0.689. The van der Waals surface area contributed by atoms with Gasteiger partial charge in [0, 0.05) is 4.47 Å². The second kappa shape index (κ2) is 6.77. The Hall–Kier alpha value is -1.80. The fourth-order valence-electron chi connectivity index (χ4n) is 1.58. The smallest absolute Gasteiger partial charge is 0.338 e. The average molecular weight is 370 g/mol. The molecule has 0 spiro atoms. The lowest BCUT2D eigenvalue weighted by Gasteiger charge is -2.08. The molecule has 8 heteroatoms. The number of aromatic nitrogens is 2. The molecule has 0 unspecified atom stereocenters. The first-order valence-corrected chi connectivity index (χ1v) is 7.66. The number of benzene rings is 1. The number of amides is 1. The molecule has 0 aliphatic heterocycles. The summed E-state index contributed by atoms with van der Waals surface area (Å²) >= 11 is 4.36. The van der Waals surface area contributed by atoms with Crippen LogP contribution in [-0.4, -0.2) is 28.1 Å². The molecule has 0 fully saturated rings. The number of rotatable bonds is 4. The molecule has 0 saturated carbocycles. The molecule has 0 bridgehead atoms. The first kappa shape index (κ1) is 15.6. The summed E-state index contributed by atoms with van der Waals surface area (Å²) < 4.78 is 9.23. The lowest BCUT2D eigenvalue weighted by molar-refractivity contribution is 0.0526. The molecule has 0 atom stereocenters. The Bertz CT molecular complexity index is 687. The average Bonchev–Trinajstić information content (AvgIpc) is 2.87. The van der Waals surface area contributed by atoms with E-state index in [9.17, 15) is 9.59 Å². The number of aryl methyl sites for hydroxylation is 1. The molecule has 0 aliphatic rings. The lowest BCUT2D eigenvalue weighted by Crippen LogP contribution is -2.12. The number of carbonyl (C=O) groups is 2. The Balaban J connectivity index is 2.16. The van der Waals surface area contributed by atoms with E-state index in [1.807, 2.05) is 0 Å². The van der Waals surface area contributed by atoms with Crippen LogP contribution in [0.4, 0.5) is 5.69 Å². The number of nitrogens with zero attached hydrogens (tertiary/aromatic N) is 2. The van der Waals surface area contributed by atoms with E-state index in [1.54, 1.807) is 32.0 Å². The van der Waals surface area contributed by atoms with Crippen molar-refractivity contribution < 1.29 is 14.3 Å². The molecule has 0 aliphatic carbocycles. The zero-order valence-corrected chi connectivity index (χ0v) is 13.7. The topological polar surface area (TPSA) is 81.2 Å². The van der Waals surface area contributed by atoms with Gasteiger partial charge in [-0.1, -0.05) is 4.49 Å². The van der Waals surface area contributed by atoms with Gasteiger partial charge in [-0.3, -0.25) is 4.79 Å². The number of anilines is 1.